The van der Waals surface area contributed by atoms with E-state index in [4.69, 9.17) is 9.47 Å². The molecule has 0 saturated carbocycles. The highest BCUT2D eigenvalue weighted by Crippen LogP contribution is 2.49. The van der Waals surface area contributed by atoms with E-state index in [1.54, 1.807) is 19.2 Å². The van der Waals surface area contributed by atoms with Crippen LogP contribution >= 0.6 is 0 Å². The highest BCUT2D eigenvalue weighted by molar-refractivity contribution is 5.68. The number of benzene rings is 2. The highest BCUT2D eigenvalue weighted by Gasteiger charge is 2.36. The summed E-state index contributed by atoms with van der Waals surface area (Å²) < 4.78 is 24.8. The number of aromatic amines is 1. The molecule has 2 N–H and O–H groups in total. The molecule has 1 atom stereocenters. The SMILES string of the molecule is COc1ccc(Nc2ncnc3c2C(c2ccc(F)cc2)c2c(n[nH]c2C)O3)cc1. The molecule has 1 aliphatic heterocycles. The number of H-pyrrole nitrogens is 1. The summed E-state index contributed by atoms with van der Waals surface area (Å²) in [5, 5.41) is 10.6. The van der Waals surface area contributed by atoms with Crippen molar-refractivity contribution in [1.29, 1.82) is 0 Å². The minimum atomic E-state index is -0.295. The van der Waals surface area contributed by atoms with Gasteiger partial charge in [0.05, 0.1) is 18.6 Å². The molecule has 0 saturated heterocycles. The van der Waals surface area contributed by atoms with E-state index < -0.39 is 0 Å². The average molecular weight is 403 g/mol. The molecule has 1 aliphatic rings. The second-order valence-corrected chi connectivity index (χ2v) is 6.95. The average Bonchev–Trinajstić information content (AvgIpc) is 3.14. The Morgan fingerprint density at radius 2 is 1.77 bits per heavy atom. The van der Waals surface area contributed by atoms with Gasteiger partial charge < -0.3 is 14.8 Å². The van der Waals surface area contributed by atoms with Crippen LogP contribution in [0.1, 0.15) is 28.3 Å². The van der Waals surface area contributed by atoms with E-state index in [0.29, 0.717) is 17.6 Å². The van der Waals surface area contributed by atoms with E-state index in [-0.39, 0.29) is 11.7 Å². The number of methoxy groups -OCH3 is 1. The van der Waals surface area contributed by atoms with Crippen molar-refractivity contribution in [2.24, 2.45) is 0 Å². The number of ether oxygens (including phenoxy) is 2. The number of hydrogen-bond donors (Lipinski definition) is 2. The lowest BCUT2D eigenvalue weighted by Crippen LogP contribution is -2.16. The summed E-state index contributed by atoms with van der Waals surface area (Å²) in [6.07, 6.45) is 1.44. The smallest absolute Gasteiger partial charge is 0.244 e. The zero-order valence-corrected chi connectivity index (χ0v) is 16.3. The fourth-order valence-electron chi connectivity index (χ4n) is 3.69. The Morgan fingerprint density at radius 3 is 2.50 bits per heavy atom. The topological polar surface area (TPSA) is 85.0 Å². The molecule has 4 aromatic rings. The third kappa shape index (κ3) is 3.02. The van der Waals surface area contributed by atoms with Crippen LogP contribution in [0.25, 0.3) is 0 Å². The number of halogens is 1. The van der Waals surface area contributed by atoms with Gasteiger partial charge in [-0.3, -0.25) is 5.10 Å². The maximum Gasteiger partial charge on any atom is 0.244 e. The van der Waals surface area contributed by atoms with Crippen LogP contribution in [0.5, 0.6) is 17.5 Å². The van der Waals surface area contributed by atoms with Crippen LogP contribution in [0.4, 0.5) is 15.9 Å². The molecule has 30 heavy (non-hydrogen) atoms. The Bertz CT molecular complexity index is 1210. The lowest BCUT2D eigenvalue weighted by Gasteiger charge is -2.27. The number of fused-ring (bicyclic) bond motifs is 2. The van der Waals surface area contributed by atoms with Crippen LogP contribution in [0.2, 0.25) is 0 Å². The molecule has 0 aliphatic carbocycles. The van der Waals surface area contributed by atoms with Crippen LogP contribution in [-0.2, 0) is 0 Å². The Hall–Kier alpha value is -3.94. The summed E-state index contributed by atoms with van der Waals surface area (Å²) in [7, 11) is 1.62. The van der Waals surface area contributed by atoms with Gasteiger partial charge in [-0.1, -0.05) is 12.1 Å². The number of nitrogens with zero attached hydrogens (tertiary/aromatic N) is 3. The lowest BCUT2D eigenvalue weighted by atomic mass is 9.84. The number of aryl methyl sites for hydroxylation is 1. The van der Waals surface area contributed by atoms with Crippen molar-refractivity contribution in [3.05, 3.63) is 83.1 Å². The monoisotopic (exact) mass is 403 g/mol. The predicted molar refractivity (Wildman–Crippen MR) is 109 cm³/mol. The Kier molecular flexibility index (Phi) is 4.31. The van der Waals surface area contributed by atoms with Crippen molar-refractivity contribution in [2.45, 2.75) is 12.8 Å². The summed E-state index contributed by atoms with van der Waals surface area (Å²) in [6, 6.07) is 13.9. The van der Waals surface area contributed by atoms with Crippen LogP contribution < -0.4 is 14.8 Å². The van der Waals surface area contributed by atoms with Crippen molar-refractivity contribution in [1.82, 2.24) is 20.2 Å². The summed E-state index contributed by atoms with van der Waals surface area (Å²) in [5.74, 6) is 1.67. The maximum absolute atomic E-state index is 13.6. The molecule has 0 bridgehead atoms. The first kappa shape index (κ1) is 18.1. The zero-order valence-electron chi connectivity index (χ0n) is 16.3. The van der Waals surface area contributed by atoms with Gasteiger partial charge in [0.25, 0.3) is 0 Å². The van der Waals surface area contributed by atoms with Crippen molar-refractivity contribution < 1.29 is 13.9 Å². The van der Waals surface area contributed by atoms with Crippen molar-refractivity contribution in [3.8, 4) is 17.5 Å². The Morgan fingerprint density at radius 1 is 1.00 bits per heavy atom. The zero-order chi connectivity index (χ0) is 20.7. The first-order valence-corrected chi connectivity index (χ1v) is 9.38. The highest BCUT2D eigenvalue weighted by atomic mass is 19.1. The minimum Gasteiger partial charge on any atom is -0.497 e. The van der Waals surface area contributed by atoms with Crippen LogP contribution in [0.15, 0.2) is 54.9 Å². The lowest BCUT2D eigenvalue weighted by molar-refractivity contribution is 0.414. The molecule has 2 aromatic heterocycles. The van der Waals surface area contributed by atoms with Crippen LogP contribution in [-0.4, -0.2) is 27.3 Å². The van der Waals surface area contributed by atoms with Gasteiger partial charge in [0.2, 0.25) is 11.8 Å². The van der Waals surface area contributed by atoms with E-state index in [9.17, 15) is 4.39 Å². The summed E-state index contributed by atoms with van der Waals surface area (Å²) in [6.45, 7) is 1.93. The fourth-order valence-corrected chi connectivity index (χ4v) is 3.69. The van der Waals surface area contributed by atoms with Gasteiger partial charge in [-0.25, -0.2) is 14.4 Å². The number of rotatable bonds is 4. The van der Waals surface area contributed by atoms with Gasteiger partial charge in [0.15, 0.2) is 0 Å². The number of aromatic nitrogens is 4. The van der Waals surface area contributed by atoms with Crippen molar-refractivity contribution in [2.75, 3.05) is 12.4 Å². The van der Waals surface area contributed by atoms with E-state index >= 15 is 0 Å². The minimum absolute atomic E-state index is 0.273. The van der Waals surface area contributed by atoms with E-state index in [2.05, 4.69) is 25.5 Å². The first-order chi connectivity index (χ1) is 14.6. The van der Waals surface area contributed by atoms with E-state index in [1.165, 1.54) is 18.5 Å². The number of hydrogen-bond acceptors (Lipinski definition) is 6. The molecule has 1 unspecified atom stereocenters. The van der Waals surface area contributed by atoms with Crippen LogP contribution in [0.3, 0.4) is 0 Å². The van der Waals surface area contributed by atoms with Crippen molar-refractivity contribution >= 4 is 11.5 Å². The van der Waals surface area contributed by atoms with E-state index in [0.717, 1.165) is 33.8 Å². The summed E-state index contributed by atoms with van der Waals surface area (Å²) in [5.41, 5.74) is 4.23. The number of nitrogens with one attached hydrogen (secondary N) is 2. The standard InChI is InChI=1S/C22H18FN5O2/c1-12-17-18(13-3-5-14(23)6-4-13)19-20(26-15-7-9-16(29-2)10-8-15)24-11-25-21(19)30-22(17)28-27-12/h3-11,18H,1-2H3,(H,27,28)(H,24,25,26). The molecule has 0 amide bonds. The van der Waals surface area contributed by atoms with Gasteiger partial charge in [0, 0.05) is 16.9 Å². The molecule has 2 aromatic carbocycles. The second-order valence-electron chi connectivity index (χ2n) is 6.95. The maximum atomic E-state index is 13.6. The molecule has 150 valence electrons. The molecule has 5 rings (SSSR count). The van der Waals surface area contributed by atoms with Gasteiger partial charge in [-0.2, -0.15) is 0 Å². The van der Waals surface area contributed by atoms with Gasteiger partial charge in [-0.05, 0) is 48.9 Å². The summed E-state index contributed by atoms with van der Waals surface area (Å²) >= 11 is 0. The van der Waals surface area contributed by atoms with Crippen molar-refractivity contribution in [3.63, 3.8) is 0 Å². The van der Waals surface area contributed by atoms with Gasteiger partial charge in [-0.15, -0.1) is 5.10 Å². The Balaban J connectivity index is 1.65. The molecule has 3 heterocycles. The molecule has 0 fully saturated rings. The van der Waals surface area contributed by atoms with Crippen LogP contribution in [0, 0.1) is 12.7 Å². The normalized spacial score (nSPS) is 14.4. The third-order valence-corrected chi connectivity index (χ3v) is 5.13. The Labute approximate surface area is 171 Å². The molecular formula is C22H18FN5O2. The van der Waals surface area contributed by atoms with Gasteiger partial charge >= 0.3 is 0 Å². The molecule has 7 nitrogen and oxygen atoms in total. The quantitative estimate of drug-likeness (QED) is 0.453. The summed E-state index contributed by atoms with van der Waals surface area (Å²) in [4.78, 5) is 8.80. The van der Waals surface area contributed by atoms with E-state index in [1.807, 2.05) is 31.2 Å². The van der Waals surface area contributed by atoms with Gasteiger partial charge in [0.1, 0.15) is 23.7 Å². The third-order valence-electron chi connectivity index (χ3n) is 5.13. The molecular weight excluding hydrogens is 385 g/mol. The number of anilines is 2. The molecule has 0 radical (unpaired) electrons. The second kappa shape index (κ2) is 7.14. The largest absolute Gasteiger partial charge is 0.497 e. The fraction of sp³-hybridized carbons (Fsp3) is 0.136. The molecule has 0 spiro atoms. The first-order valence-electron chi connectivity index (χ1n) is 9.38. The predicted octanol–water partition coefficient (Wildman–Crippen LogP) is 4.69. The molecule has 8 heteroatoms.